The molecule has 0 spiro atoms. The van der Waals surface area contributed by atoms with Crippen LogP contribution in [0.25, 0.3) is 5.69 Å². The number of nitrogens with one attached hydrogen (secondary N) is 1. The third-order valence-electron chi connectivity index (χ3n) is 2.10. The average molecular weight is 222 g/mol. The van der Waals surface area contributed by atoms with E-state index in [1.165, 1.54) is 22.9 Å². The topological polar surface area (TPSA) is 87.5 Å². The van der Waals surface area contributed by atoms with Crippen molar-refractivity contribution < 1.29 is 15.3 Å². The molecule has 1 aromatic carbocycles. The first kappa shape index (κ1) is 10.5. The van der Waals surface area contributed by atoms with Crippen LogP contribution in [0.5, 0.6) is 5.75 Å². The molecular formula is C10H10N2O4. The van der Waals surface area contributed by atoms with E-state index in [-0.39, 0.29) is 17.9 Å². The van der Waals surface area contributed by atoms with E-state index in [0.29, 0.717) is 11.4 Å². The van der Waals surface area contributed by atoms with Gasteiger partial charge in [-0.25, -0.2) is 9.57 Å². The summed E-state index contributed by atoms with van der Waals surface area (Å²) in [5.74, 6) is 0.127. The predicted molar refractivity (Wildman–Crippen MR) is 55.5 cm³/mol. The SMILES string of the molecule is O=c1cc(COO)[nH]n1-c1ccc(O)cc1. The molecule has 0 aliphatic carbocycles. The lowest BCUT2D eigenvalue weighted by Gasteiger charge is -2.01. The van der Waals surface area contributed by atoms with Gasteiger partial charge in [0.05, 0.1) is 11.4 Å². The standard InChI is InChI=1S/C10H10N2O4/c13-9-3-1-8(2-4-9)12-10(14)5-7(11-12)6-16-15/h1-5,11,13,15H,6H2. The van der Waals surface area contributed by atoms with Gasteiger partial charge >= 0.3 is 0 Å². The number of aromatic nitrogens is 2. The quantitative estimate of drug-likeness (QED) is 0.531. The Morgan fingerprint density at radius 1 is 1.31 bits per heavy atom. The van der Waals surface area contributed by atoms with Crippen LogP contribution >= 0.6 is 0 Å². The van der Waals surface area contributed by atoms with Gasteiger partial charge in [-0.15, -0.1) is 0 Å². The minimum absolute atomic E-state index is 0.0830. The molecule has 0 radical (unpaired) electrons. The summed E-state index contributed by atoms with van der Waals surface area (Å²) in [5.41, 5.74) is 0.783. The summed E-state index contributed by atoms with van der Waals surface area (Å²) in [6.45, 7) is -0.0830. The van der Waals surface area contributed by atoms with E-state index < -0.39 is 0 Å². The normalized spacial score (nSPS) is 10.6. The molecule has 16 heavy (non-hydrogen) atoms. The Labute approximate surface area is 90.3 Å². The van der Waals surface area contributed by atoms with Gasteiger partial charge in [-0.2, -0.15) is 0 Å². The highest BCUT2D eigenvalue weighted by Gasteiger charge is 2.04. The monoisotopic (exact) mass is 222 g/mol. The van der Waals surface area contributed by atoms with Crippen molar-refractivity contribution in [1.82, 2.24) is 9.78 Å². The molecule has 0 amide bonds. The Bertz CT molecular complexity index is 526. The second-order valence-corrected chi connectivity index (χ2v) is 3.24. The van der Waals surface area contributed by atoms with Gasteiger partial charge in [-0.05, 0) is 24.3 Å². The number of aromatic hydroxyl groups is 1. The van der Waals surface area contributed by atoms with Crippen molar-refractivity contribution in [1.29, 1.82) is 0 Å². The van der Waals surface area contributed by atoms with Crippen molar-refractivity contribution in [3.8, 4) is 11.4 Å². The Morgan fingerprint density at radius 2 is 2.00 bits per heavy atom. The van der Waals surface area contributed by atoms with Gasteiger partial charge in [0.15, 0.2) is 0 Å². The number of rotatable bonds is 3. The largest absolute Gasteiger partial charge is 0.508 e. The highest BCUT2D eigenvalue weighted by molar-refractivity contribution is 5.36. The molecular weight excluding hydrogens is 212 g/mol. The molecule has 6 heteroatoms. The second-order valence-electron chi connectivity index (χ2n) is 3.24. The Morgan fingerprint density at radius 3 is 2.62 bits per heavy atom. The zero-order valence-corrected chi connectivity index (χ0v) is 8.25. The van der Waals surface area contributed by atoms with E-state index in [1.54, 1.807) is 12.1 Å². The fraction of sp³-hybridized carbons (Fsp3) is 0.100. The molecule has 0 saturated carbocycles. The van der Waals surface area contributed by atoms with Gasteiger partial charge in [0.1, 0.15) is 12.4 Å². The van der Waals surface area contributed by atoms with Crippen LogP contribution in [0.15, 0.2) is 35.1 Å². The summed E-state index contributed by atoms with van der Waals surface area (Å²) in [4.78, 5) is 15.5. The Hall–Kier alpha value is -2.05. The number of phenols is 1. The lowest BCUT2D eigenvalue weighted by atomic mass is 10.3. The van der Waals surface area contributed by atoms with Crippen LogP contribution in [0.2, 0.25) is 0 Å². The van der Waals surface area contributed by atoms with Crippen LogP contribution in [0.3, 0.4) is 0 Å². The highest BCUT2D eigenvalue weighted by Crippen LogP contribution is 2.11. The number of hydrogen-bond donors (Lipinski definition) is 3. The lowest BCUT2D eigenvalue weighted by molar-refractivity contribution is -0.253. The van der Waals surface area contributed by atoms with Crippen molar-refractivity contribution in [2.75, 3.05) is 0 Å². The molecule has 6 nitrogen and oxygen atoms in total. The van der Waals surface area contributed by atoms with E-state index in [1.807, 2.05) is 0 Å². The number of phenolic OH excluding ortho intramolecular Hbond substituents is 1. The second kappa shape index (κ2) is 4.21. The molecule has 2 aromatic rings. The van der Waals surface area contributed by atoms with Crippen LogP contribution in [0.1, 0.15) is 5.69 Å². The van der Waals surface area contributed by atoms with Crippen molar-refractivity contribution in [2.24, 2.45) is 0 Å². The minimum atomic E-state index is -0.266. The highest BCUT2D eigenvalue weighted by atomic mass is 17.1. The minimum Gasteiger partial charge on any atom is -0.508 e. The summed E-state index contributed by atoms with van der Waals surface area (Å²) in [5, 5.41) is 20.1. The van der Waals surface area contributed by atoms with Gasteiger partial charge in [-0.3, -0.25) is 15.2 Å². The predicted octanol–water partition coefficient (Wildman–Crippen LogP) is 0.861. The maximum Gasteiger partial charge on any atom is 0.271 e. The van der Waals surface area contributed by atoms with E-state index in [9.17, 15) is 4.79 Å². The fourth-order valence-electron chi connectivity index (χ4n) is 1.38. The lowest BCUT2D eigenvalue weighted by Crippen LogP contribution is -2.13. The van der Waals surface area contributed by atoms with E-state index in [2.05, 4.69) is 9.99 Å². The molecule has 0 aliphatic heterocycles. The summed E-state index contributed by atoms with van der Waals surface area (Å²) >= 11 is 0. The number of benzene rings is 1. The number of hydrogen-bond acceptors (Lipinski definition) is 4. The molecule has 0 saturated heterocycles. The smallest absolute Gasteiger partial charge is 0.271 e. The molecule has 3 N–H and O–H groups in total. The van der Waals surface area contributed by atoms with Crippen molar-refractivity contribution in [2.45, 2.75) is 6.61 Å². The maximum absolute atomic E-state index is 11.5. The molecule has 0 bridgehead atoms. The van der Waals surface area contributed by atoms with E-state index >= 15 is 0 Å². The first-order valence-electron chi connectivity index (χ1n) is 4.57. The number of nitrogens with zero attached hydrogens (tertiary/aromatic N) is 1. The zero-order valence-electron chi connectivity index (χ0n) is 8.25. The average Bonchev–Trinajstić information content (AvgIpc) is 2.61. The third kappa shape index (κ3) is 1.97. The molecule has 0 unspecified atom stereocenters. The van der Waals surface area contributed by atoms with Gasteiger partial charge in [0.25, 0.3) is 5.56 Å². The molecule has 2 rings (SSSR count). The zero-order chi connectivity index (χ0) is 11.5. The van der Waals surface area contributed by atoms with E-state index in [0.717, 1.165) is 0 Å². The first-order valence-corrected chi connectivity index (χ1v) is 4.57. The van der Waals surface area contributed by atoms with Gasteiger partial charge in [0, 0.05) is 6.07 Å². The van der Waals surface area contributed by atoms with Crippen molar-refractivity contribution in [3.05, 3.63) is 46.4 Å². The summed E-state index contributed by atoms with van der Waals surface area (Å²) < 4.78 is 1.29. The van der Waals surface area contributed by atoms with Crippen molar-refractivity contribution >= 4 is 0 Å². The van der Waals surface area contributed by atoms with Crippen molar-refractivity contribution in [3.63, 3.8) is 0 Å². The van der Waals surface area contributed by atoms with Crippen LogP contribution < -0.4 is 5.56 Å². The van der Waals surface area contributed by atoms with Crippen LogP contribution in [-0.2, 0) is 11.5 Å². The first-order chi connectivity index (χ1) is 7.70. The van der Waals surface area contributed by atoms with Crippen LogP contribution in [-0.4, -0.2) is 20.1 Å². The van der Waals surface area contributed by atoms with Crippen LogP contribution in [0.4, 0.5) is 0 Å². The molecule has 1 heterocycles. The molecule has 1 aromatic heterocycles. The third-order valence-corrected chi connectivity index (χ3v) is 2.10. The number of aromatic amines is 1. The molecule has 0 atom stereocenters. The summed E-state index contributed by atoms with van der Waals surface area (Å²) in [6, 6.07) is 7.46. The van der Waals surface area contributed by atoms with Gasteiger partial charge in [-0.1, -0.05) is 0 Å². The molecule has 0 aliphatic rings. The molecule has 84 valence electrons. The Kier molecular flexibility index (Phi) is 2.76. The van der Waals surface area contributed by atoms with Crippen LogP contribution in [0, 0.1) is 0 Å². The fourth-order valence-corrected chi connectivity index (χ4v) is 1.38. The van der Waals surface area contributed by atoms with Gasteiger partial charge in [0.2, 0.25) is 0 Å². The maximum atomic E-state index is 11.5. The van der Waals surface area contributed by atoms with Gasteiger partial charge < -0.3 is 5.11 Å². The molecule has 0 fully saturated rings. The number of H-pyrrole nitrogens is 1. The summed E-state index contributed by atoms with van der Waals surface area (Å²) in [6.07, 6.45) is 0. The van der Waals surface area contributed by atoms with E-state index in [4.69, 9.17) is 10.4 Å². The summed E-state index contributed by atoms with van der Waals surface area (Å²) in [7, 11) is 0. The Balaban J connectivity index is 2.40.